The van der Waals surface area contributed by atoms with Crippen molar-refractivity contribution in [3.05, 3.63) is 200 Å². The summed E-state index contributed by atoms with van der Waals surface area (Å²) in [5, 5.41) is 5.15. The average Bonchev–Trinajstić information content (AvgIpc) is 3.93. The SMILES string of the molecule is c1ccc(-c2nc(-c3ccccc3)[c]3c(n2)-c2ccc(-n4c5ccccc5c5ccc6sc7ccccc7c6c54)c[c]2[Ge]3([c]2ccccc2)[c]2ccccc2)cc1. The van der Waals surface area contributed by atoms with Crippen molar-refractivity contribution in [2.75, 3.05) is 0 Å². The van der Waals surface area contributed by atoms with Crippen LogP contribution < -0.4 is 17.6 Å². The maximum absolute atomic E-state index is 5.59. The van der Waals surface area contributed by atoms with E-state index in [0.717, 1.165) is 34.0 Å². The summed E-state index contributed by atoms with van der Waals surface area (Å²) in [5.41, 5.74) is 9.02. The fourth-order valence-corrected chi connectivity index (χ4v) is 21.7. The summed E-state index contributed by atoms with van der Waals surface area (Å²) in [6, 6.07) is 73.4. The molecule has 0 unspecified atom stereocenters. The van der Waals surface area contributed by atoms with Gasteiger partial charge in [-0.3, -0.25) is 0 Å². The third-order valence-electron chi connectivity index (χ3n) is 11.9. The van der Waals surface area contributed by atoms with Gasteiger partial charge in [-0.25, -0.2) is 0 Å². The Morgan fingerprint density at radius 2 is 1.05 bits per heavy atom. The van der Waals surface area contributed by atoms with Gasteiger partial charge < -0.3 is 0 Å². The molecule has 0 spiro atoms. The third kappa shape index (κ3) is 4.72. The Labute approximate surface area is 336 Å². The summed E-state index contributed by atoms with van der Waals surface area (Å²) in [5.74, 6) is 0.747. The summed E-state index contributed by atoms with van der Waals surface area (Å²) < 4.78 is 10.5. The van der Waals surface area contributed by atoms with E-state index < -0.39 is 13.3 Å². The van der Waals surface area contributed by atoms with Crippen LogP contribution in [0.25, 0.3) is 81.6 Å². The van der Waals surface area contributed by atoms with E-state index in [-0.39, 0.29) is 0 Å². The molecule has 3 nitrogen and oxygen atoms in total. The van der Waals surface area contributed by atoms with Gasteiger partial charge >= 0.3 is 338 Å². The zero-order valence-corrected chi connectivity index (χ0v) is 33.7. The normalized spacial score (nSPS) is 13.1. The van der Waals surface area contributed by atoms with Crippen molar-refractivity contribution >= 4 is 84.2 Å². The second kappa shape index (κ2) is 12.7. The fraction of sp³-hybridized carbons (Fsp3) is 0. The van der Waals surface area contributed by atoms with Crippen LogP contribution in [0.3, 0.4) is 0 Å². The molecule has 0 saturated carbocycles. The quantitative estimate of drug-likeness (QED) is 0.162. The van der Waals surface area contributed by atoms with Crippen LogP contribution in [0.1, 0.15) is 0 Å². The van der Waals surface area contributed by atoms with Crippen LogP contribution in [0.2, 0.25) is 0 Å². The first-order chi connectivity index (χ1) is 28.3. The van der Waals surface area contributed by atoms with E-state index in [1.165, 1.54) is 65.1 Å². The van der Waals surface area contributed by atoms with Crippen molar-refractivity contribution in [3.8, 4) is 39.6 Å². The van der Waals surface area contributed by atoms with Gasteiger partial charge in [-0.15, -0.1) is 0 Å². The predicted octanol–water partition coefficient (Wildman–Crippen LogP) is 10.6. The van der Waals surface area contributed by atoms with Crippen LogP contribution >= 0.6 is 11.3 Å². The van der Waals surface area contributed by atoms with Crippen LogP contribution in [0, 0.1) is 0 Å². The van der Waals surface area contributed by atoms with Crippen molar-refractivity contribution in [1.82, 2.24) is 14.5 Å². The number of aromatic nitrogens is 3. The molecule has 0 aliphatic carbocycles. The van der Waals surface area contributed by atoms with Gasteiger partial charge in [0.2, 0.25) is 0 Å². The van der Waals surface area contributed by atoms with Crippen LogP contribution in [0.4, 0.5) is 0 Å². The summed E-state index contributed by atoms with van der Waals surface area (Å²) in [6.07, 6.45) is 0. The zero-order valence-electron chi connectivity index (χ0n) is 30.8. The van der Waals surface area contributed by atoms with E-state index >= 15 is 0 Å². The van der Waals surface area contributed by atoms with Crippen molar-refractivity contribution in [2.24, 2.45) is 0 Å². The van der Waals surface area contributed by atoms with Gasteiger partial charge in [-0.2, -0.15) is 0 Å². The van der Waals surface area contributed by atoms with E-state index in [4.69, 9.17) is 9.97 Å². The van der Waals surface area contributed by atoms with Gasteiger partial charge in [0.15, 0.2) is 0 Å². The van der Waals surface area contributed by atoms with E-state index in [1.54, 1.807) is 0 Å². The first-order valence-corrected chi connectivity index (χ1v) is 24.4. The molecule has 0 fully saturated rings. The summed E-state index contributed by atoms with van der Waals surface area (Å²) in [7, 11) is 0. The van der Waals surface area contributed by atoms with E-state index in [2.05, 4.69) is 205 Å². The molecule has 1 aliphatic heterocycles. The third-order valence-corrected chi connectivity index (χ3v) is 23.2. The average molecular weight is 805 g/mol. The number of nitrogens with zero attached hydrogens (tertiary/aromatic N) is 3. The molecular formula is C52H33GeN3S. The van der Waals surface area contributed by atoms with Gasteiger partial charge in [0.25, 0.3) is 0 Å². The Morgan fingerprint density at radius 1 is 0.456 bits per heavy atom. The minimum atomic E-state index is -3.90. The number of hydrogen-bond acceptors (Lipinski definition) is 3. The Bertz CT molecular complexity index is 3300. The molecule has 0 radical (unpaired) electrons. The van der Waals surface area contributed by atoms with Crippen molar-refractivity contribution < 1.29 is 0 Å². The van der Waals surface area contributed by atoms with Gasteiger partial charge in [0.05, 0.1) is 0 Å². The molecule has 1 aliphatic rings. The number of hydrogen-bond donors (Lipinski definition) is 0. The van der Waals surface area contributed by atoms with Crippen LogP contribution in [0.5, 0.6) is 0 Å². The molecule has 8 aromatic carbocycles. The zero-order chi connectivity index (χ0) is 37.5. The van der Waals surface area contributed by atoms with Crippen LogP contribution in [-0.4, -0.2) is 27.8 Å². The van der Waals surface area contributed by atoms with Crippen LogP contribution in [0.15, 0.2) is 200 Å². The fourth-order valence-electron chi connectivity index (χ4n) is 9.53. The summed E-state index contributed by atoms with van der Waals surface area (Å²) >= 11 is -2.02. The summed E-state index contributed by atoms with van der Waals surface area (Å²) in [4.78, 5) is 11.1. The van der Waals surface area contributed by atoms with E-state index in [1.807, 2.05) is 11.3 Å². The number of rotatable bonds is 5. The Kier molecular flexibility index (Phi) is 7.28. The minimum absolute atomic E-state index is 0.747. The molecule has 57 heavy (non-hydrogen) atoms. The molecule has 11 aromatic rings. The monoisotopic (exact) mass is 805 g/mol. The van der Waals surface area contributed by atoms with Gasteiger partial charge in [0, 0.05) is 0 Å². The molecule has 0 saturated heterocycles. The molecule has 5 heteroatoms. The first kappa shape index (κ1) is 32.6. The molecular weight excluding hydrogens is 771 g/mol. The van der Waals surface area contributed by atoms with Gasteiger partial charge in [-0.05, 0) is 0 Å². The standard InChI is InChI=1S/C52H33GeN3S/c1-5-17-34(18-6-1)49-48-50(55-52(54-49)35-19-7-2-8-20-35)41-30-29-38(33-43(41)53(48,36-21-9-3-10-22-36)37-23-11-4-12-24-37)56-44-27-15-13-25-39(44)40-31-32-46-47(51(40)56)42-26-14-16-28-45(42)57-46/h1-33H. The van der Waals surface area contributed by atoms with Crippen molar-refractivity contribution in [3.63, 3.8) is 0 Å². The molecule has 3 aromatic heterocycles. The predicted molar refractivity (Wildman–Crippen MR) is 243 cm³/mol. The second-order valence-corrected chi connectivity index (χ2v) is 23.7. The van der Waals surface area contributed by atoms with Gasteiger partial charge in [0.1, 0.15) is 0 Å². The Hall–Kier alpha value is -6.60. The molecule has 0 N–H and O–H groups in total. The first-order valence-electron chi connectivity index (χ1n) is 19.4. The second-order valence-electron chi connectivity index (χ2n) is 14.8. The Morgan fingerprint density at radius 3 is 1.77 bits per heavy atom. The van der Waals surface area contributed by atoms with Crippen molar-refractivity contribution in [1.29, 1.82) is 0 Å². The molecule has 0 amide bonds. The number of benzene rings is 8. The van der Waals surface area contributed by atoms with Crippen molar-refractivity contribution in [2.45, 2.75) is 0 Å². The topological polar surface area (TPSA) is 30.7 Å². The molecule has 0 bridgehead atoms. The maximum atomic E-state index is 5.59. The van der Waals surface area contributed by atoms with E-state index in [9.17, 15) is 0 Å². The van der Waals surface area contributed by atoms with Gasteiger partial charge in [-0.1, -0.05) is 0 Å². The number of fused-ring (bicyclic) bond motifs is 10. The molecule has 266 valence electrons. The molecule has 4 heterocycles. The molecule has 12 rings (SSSR count). The van der Waals surface area contributed by atoms with E-state index in [0.29, 0.717) is 0 Å². The summed E-state index contributed by atoms with van der Waals surface area (Å²) in [6.45, 7) is 0. The number of thiophene rings is 1. The van der Waals surface area contributed by atoms with Crippen LogP contribution in [-0.2, 0) is 0 Å². The Balaban J connectivity index is 1.25. The molecule has 0 atom stereocenters. The number of para-hydroxylation sites is 1.